The molecule has 1 amide bonds. The van der Waals surface area contributed by atoms with Crippen LogP contribution in [-0.2, 0) is 6.42 Å². The van der Waals surface area contributed by atoms with Crippen molar-refractivity contribution in [2.24, 2.45) is 0 Å². The van der Waals surface area contributed by atoms with Crippen LogP contribution >= 0.6 is 11.3 Å². The third kappa shape index (κ3) is 2.08. The SMILES string of the molecule is O=C(N[C@@H]1c2ccccc2C[C@@H]1O)c1nnc2ccscc1-2. The molecule has 0 fully saturated rings. The van der Waals surface area contributed by atoms with Gasteiger partial charge in [0.05, 0.1) is 17.8 Å². The fourth-order valence-corrected chi connectivity index (χ4v) is 3.56. The summed E-state index contributed by atoms with van der Waals surface area (Å²) in [5.41, 5.74) is 3.79. The lowest BCUT2D eigenvalue weighted by atomic mass is 10.1. The molecule has 1 aromatic rings. The first-order valence-corrected chi connectivity index (χ1v) is 7.93. The first-order valence-electron chi connectivity index (χ1n) is 6.99. The number of nitrogens with zero attached hydrogens (tertiary/aromatic N) is 2. The Hall–Kier alpha value is -2.31. The number of rotatable bonds is 2. The zero-order valence-corrected chi connectivity index (χ0v) is 12.4. The lowest BCUT2D eigenvalue weighted by Crippen LogP contribution is -2.34. The highest BCUT2D eigenvalue weighted by Crippen LogP contribution is 2.32. The van der Waals surface area contributed by atoms with E-state index in [2.05, 4.69) is 15.5 Å². The summed E-state index contributed by atoms with van der Waals surface area (Å²) in [7, 11) is 0. The minimum atomic E-state index is -0.613. The van der Waals surface area contributed by atoms with Crippen molar-refractivity contribution in [2.45, 2.75) is 18.6 Å². The van der Waals surface area contributed by atoms with Gasteiger partial charge in [0.25, 0.3) is 5.91 Å². The van der Waals surface area contributed by atoms with E-state index in [4.69, 9.17) is 0 Å². The first kappa shape index (κ1) is 13.4. The lowest BCUT2D eigenvalue weighted by molar-refractivity contribution is 0.0854. The third-order valence-electron chi connectivity index (χ3n) is 3.98. The number of nitrogens with one attached hydrogen (secondary N) is 1. The van der Waals surface area contributed by atoms with Crippen molar-refractivity contribution in [3.05, 3.63) is 57.9 Å². The van der Waals surface area contributed by atoms with Gasteiger partial charge in [-0.15, -0.1) is 10.2 Å². The Morgan fingerprint density at radius 1 is 1.27 bits per heavy atom. The average Bonchev–Trinajstić information content (AvgIpc) is 3.09. The number of carbonyl (C=O) groups is 1. The second-order valence-corrected chi connectivity index (χ2v) is 6.11. The first-order chi connectivity index (χ1) is 10.7. The van der Waals surface area contributed by atoms with E-state index < -0.39 is 12.1 Å². The number of carbonyl (C=O) groups excluding carboxylic acids is 1. The Balaban J connectivity index is 1.63. The van der Waals surface area contributed by atoms with Crippen LogP contribution in [0.3, 0.4) is 0 Å². The van der Waals surface area contributed by atoms with Crippen LogP contribution in [0.1, 0.15) is 27.7 Å². The molecule has 4 rings (SSSR count). The van der Waals surface area contributed by atoms with E-state index in [1.807, 2.05) is 41.1 Å². The van der Waals surface area contributed by atoms with E-state index in [0.29, 0.717) is 17.8 Å². The number of fused-ring (bicyclic) bond motifs is 2. The molecular formula is C16H13N3O2S. The van der Waals surface area contributed by atoms with Crippen LogP contribution in [0.4, 0.5) is 0 Å². The molecule has 1 aromatic carbocycles. The van der Waals surface area contributed by atoms with E-state index in [9.17, 15) is 9.90 Å². The molecule has 2 atom stereocenters. The van der Waals surface area contributed by atoms with Crippen LogP contribution < -0.4 is 5.32 Å². The number of aromatic nitrogens is 2. The summed E-state index contributed by atoms with van der Waals surface area (Å²) in [5, 5.41) is 24.9. The third-order valence-corrected chi connectivity index (χ3v) is 4.65. The van der Waals surface area contributed by atoms with Crippen LogP contribution in [0, 0.1) is 0 Å². The normalized spacial score (nSPS) is 20.0. The molecule has 22 heavy (non-hydrogen) atoms. The van der Waals surface area contributed by atoms with Gasteiger partial charge >= 0.3 is 0 Å². The number of hydrogen-bond acceptors (Lipinski definition) is 5. The van der Waals surface area contributed by atoms with Gasteiger partial charge in [0.15, 0.2) is 5.69 Å². The molecule has 0 unspecified atom stereocenters. The number of amides is 1. The molecule has 2 heterocycles. The second-order valence-electron chi connectivity index (χ2n) is 5.33. The Morgan fingerprint density at radius 3 is 3.05 bits per heavy atom. The molecule has 110 valence electrons. The van der Waals surface area contributed by atoms with E-state index in [-0.39, 0.29) is 5.91 Å². The number of aliphatic hydroxyl groups is 1. The highest BCUT2D eigenvalue weighted by molar-refractivity contribution is 7.07. The molecule has 0 saturated heterocycles. The second kappa shape index (κ2) is 5.15. The minimum Gasteiger partial charge on any atom is -0.390 e. The molecule has 2 N–H and O–H groups in total. The summed E-state index contributed by atoms with van der Waals surface area (Å²) >= 11 is 1.49. The molecule has 0 bridgehead atoms. The van der Waals surface area contributed by atoms with Gasteiger partial charge in [0, 0.05) is 17.4 Å². The Bertz CT molecular complexity index is 817. The predicted octanol–water partition coefficient (Wildman–Crippen LogP) is 2.03. The van der Waals surface area contributed by atoms with Gasteiger partial charge in [0.1, 0.15) is 0 Å². The van der Waals surface area contributed by atoms with Crippen molar-refractivity contribution in [1.29, 1.82) is 0 Å². The Morgan fingerprint density at radius 2 is 2.14 bits per heavy atom. The molecule has 1 aliphatic carbocycles. The molecule has 5 nitrogen and oxygen atoms in total. The number of hydrogen-bond donors (Lipinski definition) is 2. The molecule has 0 radical (unpaired) electrons. The highest BCUT2D eigenvalue weighted by atomic mass is 32.1. The van der Waals surface area contributed by atoms with Gasteiger partial charge in [-0.2, -0.15) is 11.3 Å². The molecular weight excluding hydrogens is 298 g/mol. The smallest absolute Gasteiger partial charge is 0.273 e. The van der Waals surface area contributed by atoms with Crippen molar-refractivity contribution in [3.63, 3.8) is 0 Å². The summed E-state index contributed by atoms with van der Waals surface area (Å²) in [4.78, 5) is 12.5. The number of benzene rings is 1. The Kier molecular flexibility index (Phi) is 3.13. The van der Waals surface area contributed by atoms with Crippen molar-refractivity contribution in [1.82, 2.24) is 15.5 Å². The van der Waals surface area contributed by atoms with E-state index in [1.165, 1.54) is 11.3 Å². The van der Waals surface area contributed by atoms with Crippen LogP contribution in [0.25, 0.3) is 11.3 Å². The monoisotopic (exact) mass is 311 g/mol. The van der Waals surface area contributed by atoms with E-state index >= 15 is 0 Å². The largest absolute Gasteiger partial charge is 0.390 e. The van der Waals surface area contributed by atoms with Crippen molar-refractivity contribution >= 4 is 17.2 Å². The van der Waals surface area contributed by atoms with Crippen LogP contribution in [0.5, 0.6) is 0 Å². The zero-order chi connectivity index (χ0) is 15.1. The fourth-order valence-electron chi connectivity index (χ4n) is 2.91. The van der Waals surface area contributed by atoms with Gasteiger partial charge in [0.2, 0.25) is 0 Å². The van der Waals surface area contributed by atoms with Crippen molar-refractivity contribution in [2.75, 3.05) is 0 Å². The summed E-state index contributed by atoms with van der Waals surface area (Å²) < 4.78 is 0. The molecule has 0 aromatic heterocycles. The maximum atomic E-state index is 12.5. The Labute approximate surface area is 131 Å². The molecule has 0 saturated carbocycles. The van der Waals surface area contributed by atoms with Crippen molar-refractivity contribution in [3.8, 4) is 11.3 Å². The maximum absolute atomic E-state index is 12.5. The minimum absolute atomic E-state index is 0.304. The summed E-state index contributed by atoms with van der Waals surface area (Å²) in [5.74, 6) is -0.304. The fraction of sp³-hybridized carbons (Fsp3) is 0.188. The van der Waals surface area contributed by atoms with Gasteiger partial charge in [-0.05, 0) is 22.6 Å². The van der Waals surface area contributed by atoms with Gasteiger partial charge in [-0.25, -0.2) is 0 Å². The van der Waals surface area contributed by atoms with Crippen LogP contribution in [0.15, 0.2) is 41.1 Å². The van der Waals surface area contributed by atoms with Crippen molar-refractivity contribution < 1.29 is 9.90 Å². The quantitative estimate of drug-likeness (QED) is 0.759. The number of aliphatic hydroxyl groups excluding tert-OH is 1. The summed E-state index contributed by atoms with van der Waals surface area (Å²) in [6.07, 6.45) is -0.0604. The maximum Gasteiger partial charge on any atom is 0.273 e. The highest BCUT2D eigenvalue weighted by Gasteiger charge is 2.33. The molecule has 6 heteroatoms. The van der Waals surface area contributed by atoms with Gasteiger partial charge < -0.3 is 10.4 Å². The molecule has 3 aliphatic rings. The van der Waals surface area contributed by atoms with E-state index in [0.717, 1.165) is 16.7 Å². The predicted molar refractivity (Wildman–Crippen MR) is 82.9 cm³/mol. The lowest BCUT2D eigenvalue weighted by Gasteiger charge is -2.17. The summed E-state index contributed by atoms with van der Waals surface area (Å²) in [6.45, 7) is 0. The van der Waals surface area contributed by atoms with Crippen LogP contribution in [-0.4, -0.2) is 27.3 Å². The summed E-state index contributed by atoms with van der Waals surface area (Å²) in [6, 6.07) is 9.20. The average molecular weight is 311 g/mol. The topological polar surface area (TPSA) is 75.1 Å². The van der Waals surface area contributed by atoms with Crippen LogP contribution in [0.2, 0.25) is 0 Å². The standard InChI is InChI=1S/C16H13N3O2S/c20-13-7-9-3-1-2-4-10(9)14(13)17-16(21)15-11-8-22-6-5-12(11)18-19-15/h1-6,8,13-14,20H,7H2,(H,17,21)/t13-,14+/m0/s1. The molecule has 0 spiro atoms. The van der Waals surface area contributed by atoms with Gasteiger partial charge in [-0.3, -0.25) is 4.79 Å². The van der Waals surface area contributed by atoms with Gasteiger partial charge in [-0.1, -0.05) is 24.3 Å². The molecule has 2 aliphatic heterocycles. The zero-order valence-electron chi connectivity index (χ0n) is 11.6. The van der Waals surface area contributed by atoms with E-state index in [1.54, 1.807) is 0 Å².